The van der Waals surface area contributed by atoms with Crippen molar-refractivity contribution in [1.29, 1.82) is 0 Å². The minimum absolute atomic E-state index is 0.199. The Morgan fingerprint density at radius 1 is 0.957 bits per heavy atom. The first-order valence-corrected chi connectivity index (χ1v) is 8.57. The van der Waals surface area contributed by atoms with E-state index in [1.165, 1.54) is 6.08 Å². The van der Waals surface area contributed by atoms with Crippen molar-refractivity contribution in [1.82, 2.24) is 0 Å². The molecule has 0 aromatic heterocycles. The van der Waals surface area contributed by atoms with Gasteiger partial charge < -0.3 is 5.32 Å². The zero-order valence-electron chi connectivity index (χ0n) is 12.1. The second-order valence-electron chi connectivity index (χ2n) is 5.17. The van der Waals surface area contributed by atoms with Crippen molar-refractivity contribution in [3.05, 3.63) is 71.4 Å². The van der Waals surface area contributed by atoms with E-state index >= 15 is 0 Å². The molecule has 0 aliphatic heterocycles. The van der Waals surface area contributed by atoms with Crippen LogP contribution in [0.1, 0.15) is 20.7 Å². The largest absolute Gasteiger partial charge is 0.352 e. The zero-order chi connectivity index (χ0) is 16.6. The predicted octanol–water partition coefficient (Wildman–Crippen LogP) is 2.01. The number of benzene rings is 2. The van der Waals surface area contributed by atoms with Crippen LogP contribution in [-0.2, 0) is 9.71 Å². The molecular formula is C17H14N2O3S. The fourth-order valence-corrected chi connectivity index (χ4v) is 2.93. The van der Waals surface area contributed by atoms with Crippen LogP contribution >= 0.6 is 0 Å². The summed E-state index contributed by atoms with van der Waals surface area (Å²) in [6.07, 6.45) is 1.28. The molecule has 1 aliphatic rings. The van der Waals surface area contributed by atoms with Gasteiger partial charge in [-0.05, 0) is 30.1 Å². The summed E-state index contributed by atoms with van der Waals surface area (Å²) in [5.74, 6) is 2.94. The van der Waals surface area contributed by atoms with Gasteiger partial charge in [0, 0.05) is 27.8 Å². The van der Waals surface area contributed by atoms with E-state index in [1.54, 1.807) is 48.5 Å². The molecule has 116 valence electrons. The summed E-state index contributed by atoms with van der Waals surface area (Å²) in [6.45, 7) is 0. The van der Waals surface area contributed by atoms with Gasteiger partial charge in [0.05, 0.1) is 15.4 Å². The Morgan fingerprint density at radius 3 is 2.17 bits per heavy atom. The maximum absolute atomic E-state index is 12.4. The Bertz CT molecular complexity index is 942. The molecule has 3 rings (SSSR count). The third-order valence-corrected chi connectivity index (χ3v) is 4.56. The molecule has 0 saturated heterocycles. The number of fused-ring (bicyclic) bond motifs is 1. The number of carbonyl (C=O) groups excluding carboxylic acids is 2. The number of nitrogens with one attached hydrogen (secondary N) is 1. The highest BCUT2D eigenvalue weighted by atomic mass is 32.2. The van der Waals surface area contributed by atoms with Crippen molar-refractivity contribution in [3.8, 4) is 0 Å². The van der Waals surface area contributed by atoms with E-state index in [1.807, 2.05) is 0 Å². The van der Waals surface area contributed by atoms with Crippen LogP contribution in [0.3, 0.4) is 0 Å². The lowest BCUT2D eigenvalue weighted by Gasteiger charge is -2.16. The Kier molecular flexibility index (Phi) is 3.63. The summed E-state index contributed by atoms with van der Waals surface area (Å²) in [5.41, 5.74) is 1.56. The van der Waals surface area contributed by atoms with Gasteiger partial charge in [0.15, 0.2) is 5.78 Å². The lowest BCUT2D eigenvalue weighted by atomic mass is 9.92. The maximum atomic E-state index is 12.4. The first kappa shape index (κ1) is 15.2. The quantitative estimate of drug-likeness (QED) is 0.844. The van der Waals surface area contributed by atoms with E-state index in [9.17, 15) is 13.8 Å². The Hall–Kier alpha value is -2.70. The van der Waals surface area contributed by atoms with E-state index in [0.717, 1.165) is 0 Å². The van der Waals surface area contributed by atoms with Gasteiger partial charge in [0.25, 0.3) is 0 Å². The summed E-state index contributed by atoms with van der Waals surface area (Å²) in [5, 5.41) is 8.39. The molecule has 0 fully saturated rings. The van der Waals surface area contributed by atoms with Crippen LogP contribution in [0.15, 0.2) is 65.2 Å². The Labute approximate surface area is 134 Å². The molecule has 0 heterocycles. The van der Waals surface area contributed by atoms with Crippen LogP contribution in [0.5, 0.6) is 0 Å². The second-order valence-corrected chi connectivity index (χ2v) is 7.10. The summed E-state index contributed by atoms with van der Waals surface area (Å²) >= 11 is 0. The third-order valence-electron chi connectivity index (χ3n) is 3.49. The average molecular weight is 326 g/mol. The van der Waals surface area contributed by atoms with Gasteiger partial charge in [-0.15, -0.1) is 0 Å². The number of rotatable bonds is 3. The lowest BCUT2D eigenvalue weighted by molar-refractivity contribution is 0.0985. The van der Waals surface area contributed by atoms with Crippen LogP contribution in [0, 0.1) is 0 Å². The highest BCUT2D eigenvalue weighted by Gasteiger charge is 2.25. The minimum atomic E-state index is -2.78. The van der Waals surface area contributed by atoms with E-state index < -0.39 is 9.71 Å². The number of hydrogen-bond donors (Lipinski definition) is 2. The fourth-order valence-electron chi connectivity index (χ4n) is 2.33. The van der Waals surface area contributed by atoms with Crippen LogP contribution in [-0.4, -0.2) is 21.6 Å². The molecular weight excluding hydrogens is 312 g/mol. The van der Waals surface area contributed by atoms with Crippen molar-refractivity contribution >= 4 is 32.8 Å². The first-order chi connectivity index (χ1) is 10.9. The number of allylic oxidation sites excluding steroid dienone is 2. The lowest BCUT2D eigenvalue weighted by Crippen LogP contribution is -2.21. The fraction of sp³-hybridized carbons (Fsp3) is 0. The van der Waals surface area contributed by atoms with E-state index in [0.29, 0.717) is 21.7 Å². The van der Waals surface area contributed by atoms with E-state index in [4.69, 9.17) is 5.14 Å². The van der Waals surface area contributed by atoms with E-state index in [-0.39, 0.29) is 17.3 Å². The summed E-state index contributed by atoms with van der Waals surface area (Å²) in [4.78, 5) is 24.9. The molecule has 1 unspecified atom stereocenters. The second kappa shape index (κ2) is 5.49. The molecule has 0 spiro atoms. The minimum Gasteiger partial charge on any atom is -0.352 e. The average Bonchev–Trinajstić information content (AvgIpc) is 2.52. The molecule has 0 bridgehead atoms. The first-order valence-electron chi connectivity index (χ1n) is 6.78. The number of Topliss-reactive ketones (excluding diaryl/α,β-unsaturated/α-hetero) is 1. The summed E-state index contributed by atoms with van der Waals surface area (Å²) in [7, 11) is -2.78. The molecule has 2 aromatic rings. The van der Waals surface area contributed by atoms with Gasteiger partial charge in [-0.2, -0.15) is 0 Å². The Morgan fingerprint density at radius 2 is 1.57 bits per heavy atom. The smallest absolute Gasteiger partial charge is 0.210 e. The molecule has 2 aromatic carbocycles. The van der Waals surface area contributed by atoms with Crippen molar-refractivity contribution in [2.24, 2.45) is 5.14 Å². The molecule has 3 N–H and O–H groups in total. The summed E-state index contributed by atoms with van der Waals surface area (Å²) < 4.78 is 11.7. The van der Waals surface area contributed by atoms with Gasteiger partial charge in [-0.3, -0.25) is 14.7 Å². The Balaban J connectivity index is 1.90. The standard InChI is InChI=1S/C17H14N2O3S/c1-23(18,22)12-8-6-11(7-9-12)19-15-10-16(20)13-4-2-3-5-14(13)17(15)21/h2-10,19H,1H2,(H2,18,22). The highest BCUT2D eigenvalue weighted by molar-refractivity contribution is 7.98. The number of carbonyl (C=O) groups is 2. The van der Waals surface area contributed by atoms with Crippen LogP contribution in [0.25, 0.3) is 0 Å². The van der Waals surface area contributed by atoms with Gasteiger partial charge >= 0.3 is 0 Å². The SMILES string of the molecule is C=S(N)(=O)c1ccc(NC2=CC(=O)c3ccccc3C2=O)cc1. The normalized spacial score (nSPS) is 16.3. The highest BCUT2D eigenvalue weighted by Crippen LogP contribution is 2.23. The van der Waals surface area contributed by atoms with Crippen molar-refractivity contribution in [3.63, 3.8) is 0 Å². The zero-order valence-corrected chi connectivity index (χ0v) is 12.9. The maximum Gasteiger partial charge on any atom is 0.210 e. The molecule has 6 heteroatoms. The number of anilines is 1. The third kappa shape index (κ3) is 2.94. The van der Waals surface area contributed by atoms with Gasteiger partial charge in [-0.25, -0.2) is 4.21 Å². The number of nitrogens with two attached hydrogens (primary N) is 1. The molecule has 1 aliphatic carbocycles. The molecule has 5 nitrogen and oxygen atoms in total. The molecule has 23 heavy (non-hydrogen) atoms. The van der Waals surface area contributed by atoms with Crippen LogP contribution in [0.4, 0.5) is 5.69 Å². The van der Waals surface area contributed by atoms with Crippen molar-refractivity contribution in [2.45, 2.75) is 4.90 Å². The van der Waals surface area contributed by atoms with Gasteiger partial charge in [0.2, 0.25) is 5.78 Å². The topological polar surface area (TPSA) is 89.3 Å². The summed E-state index contributed by atoms with van der Waals surface area (Å²) in [6, 6.07) is 13.1. The van der Waals surface area contributed by atoms with Crippen molar-refractivity contribution < 1.29 is 13.8 Å². The van der Waals surface area contributed by atoms with Crippen LogP contribution < -0.4 is 10.5 Å². The number of ketones is 2. The van der Waals surface area contributed by atoms with Crippen molar-refractivity contribution in [2.75, 3.05) is 5.32 Å². The monoisotopic (exact) mass is 326 g/mol. The predicted molar refractivity (Wildman–Crippen MR) is 91.0 cm³/mol. The van der Waals surface area contributed by atoms with Crippen LogP contribution in [0.2, 0.25) is 0 Å². The molecule has 1 atom stereocenters. The van der Waals surface area contributed by atoms with Gasteiger partial charge in [0.1, 0.15) is 0 Å². The van der Waals surface area contributed by atoms with E-state index in [2.05, 4.69) is 11.2 Å². The molecule has 0 saturated carbocycles. The van der Waals surface area contributed by atoms with Gasteiger partial charge in [-0.1, -0.05) is 24.3 Å². The number of hydrogen-bond acceptors (Lipinski definition) is 4. The molecule has 0 radical (unpaired) electrons. The molecule has 0 amide bonds.